The molecule has 0 saturated heterocycles. The number of amides is 2. The Hall–Kier alpha value is -3.70. The molecule has 0 saturated carbocycles. The molecule has 2 atom stereocenters. The molecule has 2 unspecified atom stereocenters. The van der Waals surface area contributed by atoms with Crippen LogP contribution in [0.4, 0.5) is 57.1 Å². The zero-order valence-electron chi connectivity index (χ0n) is 21.6. The molecule has 2 aromatic carbocycles. The first-order valence-corrected chi connectivity index (χ1v) is 12.1. The van der Waals surface area contributed by atoms with E-state index in [-0.39, 0.29) is 12.1 Å². The second kappa shape index (κ2) is 13.5. The summed E-state index contributed by atoms with van der Waals surface area (Å²) in [5.41, 5.74) is -5.01. The van der Waals surface area contributed by atoms with Gasteiger partial charge in [-0.25, -0.2) is 4.39 Å². The molecule has 0 aliphatic rings. The molecule has 19 heteroatoms. The van der Waals surface area contributed by atoms with Gasteiger partial charge in [0.2, 0.25) is 5.91 Å². The van der Waals surface area contributed by atoms with Crippen LogP contribution in [0.5, 0.6) is 5.75 Å². The van der Waals surface area contributed by atoms with Crippen molar-refractivity contribution in [1.82, 2.24) is 10.6 Å². The van der Waals surface area contributed by atoms with E-state index >= 15 is 0 Å². The summed E-state index contributed by atoms with van der Waals surface area (Å²) in [6.07, 6.45) is -20.5. The average Bonchev–Trinajstić information content (AvgIpc) is 2.86. The van der Waals surface area contributed by atoms with E-state index in [9.17, 15) is 66.7 Å². The van der Waals surface area contributed by atoms with Crippen LogP contribution in [-0.2, 0) is 11.0 Å². The van der Waals surface area contributed by atoms with Gasteiger partial charge >= 0.3 is 24.7 Å². The van der Waals surface area contributed by atoms with Crippen LogP contribution >= 0.6 is 11.6 Å². The van der Waals surface area contributed by atoms with Crippen LogP contribution in [0.15, 0.2) is 42.5 Å². The van der Waals surface area contributed by atoms with Gasteiger partial charge in [-0.1, -0.05) is 23.7 Å². The highest BCUT2D eigenvalue weighted by molar-refractivity contribution is 6.32. The topological polar surface area (TPSA) is 67.4 Å². The van der Waals surface area contributed by atoms with E-state index in [0.29, 0.717) is 30.3 Å². The third-order valence-corrected chi connectivity index (χ3v) is 5.72. The number of carbonyl (C=O) groups excluding carboxylic acids is 2. The molecular weight excluding hydrogens is 659 g/mol. The van der Waals surface area contributed by atoms with Gasteiger partial charge in [-0.2, -0.15) is 52.7 Å². The Bertz CT molecular complexity index is 1380. The molecule has 2 rings (SSSR count). The van der Waals surface area contributed by atoms with E-state index in [1.165, 1.54) is 5.32 Å². The normalized spacial score (nSPS) is 14.6. The summed E-state index contributed by atoms with van der Waals surface area (Å²) in [6.45, 7) is -2.78. The van der Waals surface area contributed by atoms with Gasteiger partial charge in [0.15, 0.2) is 6.61 Å². The van der Waals surface area contributed by atoms with E-state index in [1.54, 1.807) is 5.32 Å². The van der Waals surface area contributed by atoms with Crippen LogP contribution < -0.4 is 15.4 Å². The molecule has 44 heavy (non-hydrogen) atoms. The maximum atomic E-state index is 15.0. The van der Waals surface area contributed by atoms with Crippen LogP contribution in [0.2, 0.25) is 5.02 Å². The molecule has 0 aliphatic carbocycles. The first-order chi connectivity index (χ1) is 19.9. The maximum absolute atomic E-state index is 15.0. The van der Waals surface area contributed by atoms with E-state index in [1.807, 2.05) is 0 Å². The number of carbonyl (C=O) groups is 2. The number of nitrogens with one attached hydrogen (secondary N) is 2. The molecule has 0 radical (unpaired) electrons. The first kappa shape index (κ1) is 36.5. The highest BCUT2D eigenvalue weighted by atomic mass is 35.5. The molecular formula is C25H18ClF13N2O3. The van der Waals surface area contributed by atoms with Crippen molar-refractivity contribution >= 4 is 29.2 Å². The Morgan fingerprint density at radius 1 is 0.909 bits per heavy atom. The minimum absolute atomic E-state index is 0.0103. The van der Waals surface area contributed by atoms with Crippen molar-refractivity contribution in [2.75, 3.05) is 13.2 Å². The number of alkyl halides is 12. The summed E-state index contributed by atoms with van der Waals surface area (Å²) in [5.74, 6) is -8.43. The van der Waals surface area contributed by atoms with Crippen molar-refractivity contribution in [3.63, 3.8) is 0 Å². The van der Waals surface area contributed by atoms with E-state index in [2.05, 4.69) is 4.74 Å². The largest absolute Gasteiger partial charge is 0.483 e. The van der Waals surface area contributed by atoms with Crippen molar-refractivity contribution in [3.05, 3.63) is 69.8 Å². The summed E-state index contributed by atoms with van der Waals surface area (Å²) in [5, 5.41) is 2.42. The summed E-state index contributed by atoms with van der Waals surface area (Å²) in [4.78, 5) is 24.1. The lowest BCUT2D eigenvalue weighted by Gasteiger charge is -2.20. The fraction of sp³-hybridized carbons (Fsp3) is 0.360. The molecule has 0 bridgehead atoms. The summed E-state index contributed by atoms with van der Waals surface area (Å²) in [6, 6.07) is 0.867. The molecule has 0 spiro atoms. The van der Waals surface area contributed by atoms with E-state index < -0.39 is 100 Å². The van der Waals surface area contributed by atoms with Gasteiger partial charge in [-0.3, -0.25) is 9.59 Å². The van der Waals surface area contributed by atoms with Crippen LogP contribution in [0.3, 0.4) is 0 Å². The number of ether oxygens (including phenoxy) is 1. The molecule has 2 N–H and O–H groups in total. The zero-order chi connectivity index (χ0) is 33.8. The molecule has 2 amide bonds. The second-order valence-electron chi connectivity index (χ2n) is 8.91. The average molecular weight is 677 g/mol. The van der Waals surface area contributed by atoms with Crippen molar-refractivity contribution in [1.29, 1.82) is 0 Å². The van der Waals surface area contributed by atoms with Gasteiger partial charge in [0.1, 0.15) is 30.1 Å². The monoisotopic (exact) mass is 676 g/mol. The van der Waals surface area contributed by atoms with Gasteiger partial charge in [0.25, 0.3) is 5.91 Å². The lowest BCUT2D eigenvalue weighted by atomic mass is 9.95. The molecule has 0 aliphatic heterocycles. The molecule has 0 aromatic heterocycles. The zero-order valence-corrected chi connectivity index (χ0v) is 22.4. The molecule has 5 nitrogen and oxygen atoms in total. The van der Waals surface area contributed by atoms with Gasteiger partial charge in [-0.15, -0.1) is 0 Å². The smallest absolute Gasteiger partial charge is 0.422 e. The van der Waals surface area contributed by atoms with Crippen LogP contribution in [0.25, 0.3) is 5.83 Å². The number of benzene rings is 2. The van der Waals surface area contributed by atoms with E-state index in [0.717, 1.165) is 6.92 Å². The maximum Gasteiger partial charge on any atom is 0.422 e. The van der Waals surface area contributed by atoms with Gasteiger partial charge < -0.3 is 15.4 Å². The van der Waals surface area contributed by atoms with Crippen molar-refractivity contribution in [2.45, 2.75) is 43.6 Å². The van der Waals surface area contributed by atoms with Gasteiger partial charge in [-0.05, 0) is 42.8 Å². The Balaban J connectivity index is 2.41. The fourth-order valence-electron chi connectivity index (χ4n) is 3.42. The highest BCUT2D eigenvalue weighted by Crippen LogP contribution is 2.41. The minimum atomic E-state index is -5.41. The lowest BCUT2D eigenvalue weighted by molar-refractivity contribution is -0.153. The molecule has 0 heterocycles. The van der Waals surface area contributed by atoms with Crippen molar-refractivity contribution in [3.8, 4) is 5.75 Å². The van der Waals surface area contributed by atoms with Crippen LogP contribution in [0, 0.1) is 0 Å². The predicted octanol–water partition coefficient (Wildman–Crippen LogP) is 7.75. The van der Waals surface area contributed by atoms with Crippen LogP contribution in [-0.4, -0.2) is 49.5 Å². The fourth-order valence-corrected chi connectivity index (χ4v) is 3.66. The van der Waals surface area contributed by atoms with Crippen molar-refractivity contribution in [2.24, 2.45) is 0 Å². The Morgan fingerprint density at radius 2 is 1.52 bits per heavy atom. The number of halogens is 14. The Morgan fingerprint density at radius 3 is 2.02 bits per heavy atom. The quantitative estimate of drug-likeness (QED) is 0.267. The van der Waals surface area contributed by atoms with Crippen LogP contribution in [0.1, 0.15) is 39.9 Å². The first-order valence-electron chi connectivity index (χ1n) is 11.7. The third-order valence-electron chi connectivity index (χ3n) is 5.42. The number of allylic oxidation sites excluding steroid dienone is 1. The molecule has 0 fully saturated rings. The molecule has 2 aromatic rings. The lowest BCUT2D eigenvalue weighted by Crippen LogP contribution is -2.47. The number of hydrogen-bond donors (Lipinski definition) is 2. The van der Waals surface area contributed by atoms with Gasteiger partial charge in [0, 0.05) is 5.56 Å². The molecule has 244 valence electrons. The predicted molar refractivity (Wildman–Crippen MR) is 128 cm³/mol. The highest BCUT2D eigenvalue weighted by Gasteiger charge is 2.41. The summed E-state index contributed by atoms with van der Waals surface area (Å²) < 4.78 is 176. The second-order valence-corrected chi connectivity index (χ2v) is 9.32. The Labute approximate surface area is 244 Å². The number of rotatable bonds is 9. The summed E-state index contributed by atoms with van der Waals surface area (Å²) >= 11 is 5.70. The minimum Gasteiger partial charge on any atom is -0.483 e. The number of hydrogen-bond acceptors (Lipinski definition) is 3. The van der Waals surface area contributed by atoms with Crippen molar-refractivity contribution < 1.29 is 71.4 Å². The SMILES string of the molecule is CC(NC(=O)c1ccc(/C(F)=C/C(c2ccc(OCC(F)(F)F)c(Cl)c2)C(F)(F)F)cc1C(F)(F)F)C(=O)NCC(F)(F)F. The standard InChI is InChI=1S/C25H18ClF13N2O3/c1-11(20(42)40-9-22(28,29)30)41-21(43)14-4-2-13(6-16(14)25(37,38)39)18(27)8-15(24(34,35)36)12-3-5-19(17(26)7-12)44-10-23(31,32)33/h2-8,11,15H,9-10H2,1H3,(H,40,42)(H,41,43)/b18-8-. The van der Waals surface area contributed by atoms with E-state index in [4.69, 9.17) is 11.6 Å². The Kier molecular flexibility index (Phi) is 11.2. The van der Waals surface area contributed by atoms with Gasteiger partial charge in [0.05, 0.1) is 16.1 Å². The summed E-state index contributed by atoms with van der Waals surface area (Å²) in [7, 11) is 0. The third kappa shape index (κ3) is 10.8.